The fourth-order valence-electron chi connectivity index (χ4n) is 2.05. The monoisotopic (exact) mass is 427 g/mol. The van der Waals surface area contributed by atoms with E-state index >= 15 is 0 Å². The minimum atomic E-state index is -0.807. The Hall–Kier alpha value is -2.53. The summed E-state index contributed by atoms with van der Waals surface area (Å²) in [6.45, 7) is 9.21. The molecule has 0 fully saturated rings. The van der Waals surface area contributed by atoms with E-state index in [1.165, 1.54) is 24.5 Å². The molecule has 1 aromatic rings. The highest BCUT2D eigenvalue weighted by molar-refractivity contribution is 7.17. The van der Waals surface area contributed by atoms with Crippen LogP contribution in [0.15, 0.2) is 6.20 Å². The summed E-state index contributed by atoms with van der Waals surface area (Å²) in [4.78, 5) is 50.9. The Balaban J connectivity index is 2.43. The molecule has 0 radical (unpaired) electrons. The first-order valence-corrected chi connectivity index (χ1v) is 10.0. The fourth-order valence-corrected chi connectivity index (χ4v) is 2.70. The lowest BCUT2D eigenvalue weighted by Gasteiger charge is -2.31. The van der Waals surface area contributed by atoms with Crippen LogP contribution in [-0.2, 0) is 14.3 Å². The first kappa shape index (κ1) is 24.5. The van der Waals surface area contributed by atoms with E-state index in [1.54, 1.807) is 27.7 Å². The Morgan fingerprint density at radius 1 is 1.28 bits per heavy atom. The number of rotatable bonds is 11. The molecule has 0 saturated carbocycles. The number of hydrazine groups is 1. The van der Waals surface area contributed by atoms with Crippen molar-refractivity contribution in [1.82, 2.24) is 20.7 Å². The van der Waals surface area contributed by atoms with E-state index in [-0.39, 0.29) is 5.91 Å². The maximum atomic E-state index is 12.3. The molecular weight excluding hydrogens is 398 g/mol. The highest BCUT2D eigenvalue weighted by Crippen LogP contribution is 2.15. The molecule has 0 bridgehead atoms. The van der Waals surface area contributed by atoms with Crippen LogP contribution in [-0.4, -0.2) is 65.3 Å². The van der Waals surface area contributed by atoms with Gasteiger partial charge < -0.3 is 20.2 Å². The van der Waals surface area contributed by atoms with Gasteiger partial charge in [-0.1, -0.05) is 11.3 Å². The van der Waals surface area contributed by atoms with Crippen LogP contribution >= 0.6 is 11.3 Å². The summed E-state index contributed by atoms with van der Waals surface area (Å²) in [5.74, 6) is -0.325. The number of thiazole rings is 1. The van der Waals surface area contributed by atoms with Crippen LogP contribution in [0.1, 0.15) is 50.7 Å². The molecule has 1 rings (SSSR count). The lowest BCUT2D eigenvalue weighted by Crippen LogP contribution is -2.57. The number of hydrogen-bond donors (Lipinski definition) is 3. The summed E-state index contributed by atoms with van der Waals surface area (Å²) in [5.41, 5.74) is 1.99. The van der Waals surface area contributed by atoms with Crippen LogP contribution < -0.4 is 16.1 Å². The van der Waals surface area contributed by atoms with Crippen molar-refractivity contribution in [3.63, 3.8) is 0 Å². The molecule has 1 aromatic heterocycles. The summed E-state index contributed by atoms with van der Waals surface area (Å²) in [5, 5.41) is 7.47. The van der Waals surface area contributed by atoms with Crippen molar-refractivity contribution in [3.8, 4) is 0 Å². The van der Waals surface area contributed by atoms with E-state index in [4.69, 9.17) is 4.74 Å². The maximum absolute atomic E-state index is 12.3. The van der Waals surface area contributed by atoms with Crippen LogP contribution in [0.4, 0.5) is 9.93 Å². The van der Waals surface area contributed by atoms with Crippen LogP contribution in [0.5, 0.6) is 0 Å². The van der Waals surface area contributed by atoms with E-state index in [1.807, 2.05) is 0 Å². The molecule has 0 unspecified atom stereocenters. The van der Waals surface area contributed by atoms with Crippen molar-refractivity contribution in [2.45, 2.75) is 58.7 Å². The van der Waals surface area contributed by atoms with Crippen molar-refractivity contribution in [3.05, 3.63) is 11.1 Å². The van der Waals surface area contributed by atoms with Gasteiger partial charge in [-0.3, -0.25) is 9.59 Å². The molecule has 0 saturated heterocycles. The summed E-state index contributed by atoms with van der Waals surface area (Å²) in [7, 11) is 0. The predicted octanol–water partition coefficient (Wildman–Crippen LogP) is 1.59. The summed E-state index contributed by atoms with van der Waals surface area (Å²) < 4.78 is 5.27. The third-order valence-electron chi connectivity index (χ3n) is 3.49. The second kappa shape index (κ2) is 11.5. The zero-order chi connectivity index (χ0) is 22.0. The summed E-state index contributed by atoms with van der Waals surface area (Å²) >= 11 is 1.25. The largest absolute Gasteiger partial charge is 0.443 e. The van der Waals surface area contributed by atoms with Gasteiger partial charge in [0.15, 0.2) is 11.4 Å². The van der Waals surface area contributed by atoms with Crippen LogP contribution in [0.25, 0.3) is 0 Å². The molecule has 2 atom stereocenters. The molecule has 3 N–H and O–H groups in total. The van der Waals surface area contributed by atoms with Crippen LogP contribution in [0.3, 0.4) is 0 Å². The Morgan fingerprint density at radius 2 is 1.97 bits per heavy atom. The number of ether oxygens (including phenoxy) is 1. The van der Waals surface area contributed by atoms with Crippen molar-refractivity contribution < 1.29 is 23.9 Å². The zero-order valence-corrected chi connectivity index (χ0v) is 18.2. The van der Waals surface area contributed by atoms with Gasteiger partial charge in [-0.15, -0.1) is 0 Å². The van der Waals surface area contributed by atoms with Gasteiger partial charge in [-0.2, -0.15) is 0 Å². The highest BCUT2D eigenvalue weighted by atomic mass is 32.1. The maximum Gasteiger partial charge on any atom is 0.425 e. The van der Waals surface area contributed by atoms with Gasteiger partial charge in [0.2, 0.25) is 5.91 Å². The number of amides is 2. The number of nitrogens with one attached hydrogen (secondary N) is 3. The van der Waals surface area contributed by atoms with Gasteiger partial charge in [-0.05, 0) is 41.0 Å². The van der Waals surface area contributed by atoms with Crippen molar-refractivity contribution >= 4 is 41.0 Å². The van der Waals surface area contributed by atoms with Crippen LogP contribution in [0, 0.1) is 0 Å². The van der Waals surface area contributed by atoms with Crippen molar-refractivity contribution in [2.24, 2.45) is 0 Å². The van der Waals surface area contributed by atoms with E-state index in [0.29, 0.717) is 35.8 Å². The molecular formula is C18H29N5O5S. The van der Waals surface area contributed by atoms with Crippen LogP contribution in [0.2, 0.25) is 0 Å². The predicted molar refractivity (Wildman–Crippen MR) is 110 cm³/mol. The molecule has 0 aromatic carbocycles. The number of carbonyl (C=O) groups is 4. The number of nitrogens with zero attached hydrogens (tertiary/aromatic N) is 2. The lowest BCUT2D eigenvalue weighted by atomic mass is 10.2. The average Bonchev–Trinajstić information content (AvgIpc) is 3.11. The Bertz CT molecular complexity index is 703. The lowest BCUT2D eigenvalue weighted by molar-refractivity contribution is -0.125. The van der Waals surface area contributed by atoms with E-state index in [0.717, 1.165) is 11.3 Å². The summed E-state index contributed by atoms with van der Waals surface area (Å²) in [6, 6.07) is -1.56. The van der Waals surface area contributed by atoms with Gasteiger partial charge in [0.1, 0.15) is 24.0 Å². The minimum Gasteiger partial charge on any atom is -0.443 e. The smallest absolute Gasteiger partial charge is 0.425 e. The van der Waals surface area contributed by atoms with E-state index < -0.39 is 23.8 Å². The second-order valence-electron chi connectivity index (χ2n) is 7.33. The Morgan fingerprint density at radius 3 is 2.52 bits per heavy atom. The Kier molecular flexibility index (Phi) is 9.69. The number of carbonyl (C=O) groups excluding carboxylic acids is 4. The van der Waals surface area contributed by atoms with Gasteiger partial charge in [-0.25, -0.2) is 20.2 Å². The average molecular weight is 428 g/mol. The number of aromatic nitrogens is 1. The third-order valence-corrected chi connectivity index (χ3v) is 4.37. The normalized spacial score (nSPS) is 13.1. The van der Waals surface area contributed by atoms with Gasteiger partial charge >= 0.3 is 6.09 Å². The number of anilines is 1. The topological polar surface area (TPSA) is 130 Å². The van der Waals surface area contributed by atoms with Gasteiger partial charge in [0.05, 0.1) is 11.1 Å². The van der Waals surface area contributed by atoms with Gasteiger partial charge in [0.25, 0.3) is 0 Å². The van der Waals surface area contributed by atoms with Gasteiger partial charge in [0, 0.05) is 13.1 Å². The van der Waals surface area contributed by atoms with Crippen molar-refractivity contribution in [2.75, 3.05) is 18.4 Å². The molecule has 0 aliphatic rings. The zero-order valence-electron chi connectivity index (χ0n) is 17.4. The van der Waals surface area contributed by atoms with E-state index in [2.05, 4.69) is 21.0 Å². The second-order valence-corrected chi connectivity index (χ2v) is 8.40. The van der Waals surface area contributed by atoms with Crippen molar-refractivity contribution in [1.29, 1.82) is 0 Å². The molecule has 1 heterocycles. The molecule has 0 aliphatic carbocycles. The first-order chi connectivity index (χ1) is 13.6. The third kappa shape index (κ3) is 9.01. The SMILES string of the molecule is C[C@H](NN(C(=O)OC(C)(C)C)[C@@H](C)C=O)C(=O)NCCCNc1ncc(C=O)s1. The first-order valence-electron chi connectivity index (χ1n) is 9.23. The molecule has 0 spiro atoms. The fraction of sp³-hybridized carbons (Fsp3) is 0.611. The Labute approximate surface area is 174 Å². The standard InChI is InChI=1S/C18H29N5O5S/c1-12(10-24)23(17(27)28-18(3,4)5)22-13(2)15(26)19-7-6-8-20-16-21-9-14(11-25)29-16/h9-13,22H,6-8H2,1-5H3,(H,19,26)(H,20,21)/t12-,13-/m0/s1. The molecule has 0 aliphatic heterocycles. The highest BCUT2D eigenvalue weighted by Gasteiger charge is 2.28. The summed E-state index contributed by atoms with van der Waals surface area (Å²) in [6.07, 6.45) is 2.71. The minimum absolute atomic E-state index is 0.325. The van der Waals surface area contributed by atoms with E-state index in [9.17, 15) is 19.2 Å². The number of aldehydes is 2. The molecule has 2 amide bonds. The number of hydrogen-bond acceptors (Lipinski definition) is 9. The molecule has 162 valence electrons. The molecule has 11 heteroatoms. The molecule has 29 heavy (non-hydrogen) atoms. The quantitative estimate of drug-likeness (QED) is 0.276. The molecule has 10 nitrogen and oxygen atoms in total.